The molecule has 116 valence electrons. The minimum atomic E-state index is -0.391. The molecule has 1 heterocycles. The fourth-order valence-electron chi connectivity index (χ4n) is 1.83. The van der Waals surface area contributed by atoms with E-state index in [9.17, 15) is 9.59 Å². The maximum absolute atomic E-state index is 12.3. The van der Waals surface area contributed by atoms with Crippen molar-refractivity contribution in [3.8, 4) is 0 Å². The third-order valence-corrected chi connectivity index (χ3v) is 2.93. The van der Waals surface area contributed by atoms with E-state index in [1.807, 2.05) is 6.07 Å². The summed E-state index contributed by atoms with van der Waals surface area (Å²) in [4.78, 5) is 28.5. The summed E-state index contributed by atoms with van der Waals surface area (Å²) in [6.07, 6.45) is 6.39. The van der Waals surface area contributed by atoms with Crippen molar-refractivity contribution in [1.29, 1.82) is 0 Å². The Morgan fingerprint density at radius 3 is 2.57 bits per heavy atom. The number of amides is 2. The summed E-state index contributed by atoms with van der Waals surface area (Å²) in [5.74, 6) is -0.743. The molecule has 0 aliphatic heterocycles. The van der Waals surface area contributed by atoms with Crippen LogP contribution in [0.3, 0.4) is 0 Å². The second-order valence-electron chi connectivity index (χ2n) is 4.66. The lowest BCUT2D eigenvalue weighted by Crippen LogP contribution is -2.34. The first-order chi connectivity index (χ1) is 11.2. The lowest BCUT2D eigenvalue weighted by Gasteiger charge is -2.10. The third-order valence-electron chi connectivity index (χ3n) is 2.93. The first kappa shape index (κ1) is 16.2. The topological polar surface area (TPSA) is 71.1 Å². The van der Waals surface area contributed by atoms with Crippen LogP contribution in [0.5, 0.6) is 0 Å². The van der Waals surface area contributed by atoms with Crippen molar-refractivity contribution >= 4 is 17.9 Å². The molecule has 0 atom stereocenters. The van der Waals surface area contributed by atoms with Crippen LogP contribution in [-0.4, -0.2) is 23.3 Å². The maximum Gasteiger partial charge on any atom is 0.268 e. The number of hydrogen-bond acceptors (Lipinski definition) is 3. The van der Waals surface area contributed by atoms with Gasteiger partial charge in [-0.1, -0.05) is 30.3 Å². The summed E-state index contributed by atoms with van der Waals surface area (Å²) in [5.41, 5.74) is 1.33. The molecule has 0 aliphatic rings. The van der Waals surface area contributed by atoms with Crippen LogP contribution in [0.2, 0.25) is 0 Å². The van der Waals surface area contributed by atoms with Crippen molar-refractivity contribution in [2.45, 2.75) is 0 Å². The zero-order chi connectivity index (χ0) is 16.5. The quantitative estimate of drug-likeness (QED) is 0.634. The number of nitrogens with zero attached hydrogens (tertiary/aromatic N) is 1. The Morgan fingerprint density at radius 2 is 1.91 bits per heavy atom. The van der Waals surface area contributed by atoms with E-state index in [2.05, 4.69) is 22.2 Å². The fourth-order valence-corrected chi connectivity index (χ4v) is 1.83. The SMILES string of the molecule is C=CCNC(=O)C(=Cc1cccnc1)NC(=O)c1ccccc1. The highest BCUT2D eigenvalue weighted by molar-refractivity contribution is 6.05. The van der Waals surface area contributed by atoms with Gasteiger partial charge in [-0.25, -0.2) is 0 Å². The van der Waals surface area contributed by atoms with Crippen LogP contribution in [0.1, 0.15) is 15.9 Å². The van der Waals surface area contributed by atoms with Gasteiger partial charge >= 0.3 is 0 Å². The summed E-state index contributed by atoms with van der Waals surface area (Å²) in [6, 6.07) is 12.2. The number of rotatable bonds is 6. The van der Waals surface area contributed by atoms with Gasteiger partial charge in [0.25, 0.3) is 11.8 Å². The third kappa shape index (κ3) is 4.93. The summed E-state index contributed by atoms with van der Waals surface area (Å²) in [7, 11) is 0. The molecule has 5 nitrogen and oxygen atoms in total. The van der Waals surface area contributed by atoms with Crippen LogP contribution >= 0.6 is 0 Å². The summed E-state index contributed by atoms with van der Waals surface area (Å²) in [6.45, 7) is 3.86. The minimum Gasteiger partial charge on any atom is -0.347 e. The predicted octanol–water partition coefficient (Wildman–Crippen LogP) is 2.15. The van der Waals surface area contributed by atoms with Crippen LogP contribution in [0.4, 0.5) is 0 Å². The van der Waals surface area contributed by atoms with Gasteiger partial charge < -0.3 is 10.6 Å². The second-order valence-corrected chi connectivity index (χ2v) is 4.66. The van der Waals surface area contributed by atoms with Crippen LogP contribution < -0.4 is 10.6 Å². The largest absolute Gasteiger partial charge is 0.347 e. The Bertz CT molecular complexity index is 710. The van der Waals surface area contributed by atoms with Crippen molar-refractivity contribution < 1.29 is 9.59 Å². The highest BCUT2D eigenvalue weighted by Crippen LogP contribution is 2.06. The Kier molecular flexibility index (Phi) is 5.82. The van der Waals surface area contributed by atoms with Crippen LogP contribution in [0, 0.1) is 0 Å². The molecule has 2 rings (SSSR count). The highest BCUT2D eigenvalue weighted by atomic mass is 16.2. The monoisotopic (exact) mass is 307 g/mol. The molecule has 23 heavy (non-hydrogen) atoms. The molecular formula is C18H17N3O2. The minimum absolute atomic E-state index is 0.147. The number of nitrogens with one attached hydrogen (secondary N) is 2. The van der Waals surface area contributed by atoms with Crippen molar-refractivity contribution in [1.82, 2.24) is 15.6 Å². The molecule has 2 aromatic rings. The maximum atomic E-state index is 12.3. The Balaban J connectivity index is 2.23. The number of carbonyl (C=O) groups excluding carboxylic acids is 2. The highest BCUT2D eigenvalue weighted by Gasteiger charge is 2.13. The smallest absolute Gasteiger partial charge is 0.268 e. The van der Waals surface area contributed by atoms with Crippen LogP contribution in [0.25, 0.3) is 6.08 Å². The molecule has 0 saturated heterocycles. The van der Waals surface area contributed by atoms with Gasteiger partial charge in [-0.05, 0) is 29.8 Å². The molecule has 0 fully saturated rings. The Labute approximate surface area is 134 Å². The van der Waals surface area contributed by atoms with Crippen molar-refractivity contribution in [3.63, 3.8) is 0 Å². The summed E-state index contributed by atoms with van der Waals surface area (Å²) in [5, 5.41) is 5.29. The van der Waals surface area contributed by atoms with E-state index < -0.39 is 5.91 Å². The van der Waals surface area contributed by atoms with Crippen LogP contribution in [0.15, 0.2) is 73.2 Å². The van der Waals surface area contributed by atoms with Gasteiger partial charge in [0.1, 0.15) is 5.70 Å². The molecule has 0 unspecified atom stereocenters. The van der Waals surface area contributed by atoms with Gasteiger partial charge in [0, 0.05) is 24.5 Å². The number of pyridine rings is 1. The van der Waals surface area contributed by atoms with Crippen molar-refractivity contribution in [2.24, 2.45) is 0 Å². The number of carbonyl (C=O) groups is 2. The van der Waals surface area contributed by atoms with E-state index in [0.717, 1.165) is 0 Å². The molecule has 5 heteroatoms. The number of aromatic nitrogens is 1. The number of benzene rings is 1. The molecule has 1 aromatic heterocycles. The lowest BCUT2D eigenvalue weighted by atomic mass is 10.2. The van der Waals surface area contributed by atoms with E-state index in [1.165, 1.54) is 0 Å². The van der Waals surface area contributed by atoms with Crippen molar-refractivity contribution in [3.05, 3.63) is 84.3 Å². The molecular weight excluding hydrogens is 290 g/mol. The van der Waals surface area contributed by atoms with Crippen LogP contribution in [-0.2, 0) is 4.79 Å². The Hall–Kier alpha value is -3.21. The molecule has 2 amide bonds. The standard InChI is InChI=1S/C18H17N3O2/c1-2-10-20-18(23)16(12-14-7-6-11-19-13-14)21-17(22)15-8-4-3-5-9-15/h2-9,11-13H,1,10H2,(H,20,23)(H,21,22). The zero-order valence-electron chi connectivity index (χ0n) is 12.5. The molecule has 2 N–H and O–H groups in total. The molecule has 1 aromatic carbocycles. The number of hydrogen-bond donors (Lipinski definition) is 2. The first-order valence-electron chi connectivity index (χ1n) is 7.08. The van der Waals surface area contributed by atoms with Gasteiger partial charge in [0.05, 0.1) is 0 Å². The Morgan fingerprint density at radius 1 is 1.13 bits per heavy atom. The van der Waals surface area contributed by atoms with Gasteiger partial charge in [-0.15, -0.1) is 6.58 Å². The predicted molar refractivity (Wildman–Crippen MR) is 89.3 cm³/mol. The van der Waals surface area contributed by atoms with Gasteiger partial charge in [0.2, 0.25) is 0 Å². The first-order valence-corrected chi connectivity index (χ1v) is 7.08. The lowest BCUT2D eigenvalue weighted by molar-refractivity contribution is -0.117. The fraction of sp³-hybridized carbons (Fsp3) is 0.0556. The average Bonchev–Trinajstić information content (AvgIpc) is 2.60. The van der Waals surface area contributed by atoms with E-state index in [1.54, 1.807) is 60.9 Å². The van der Waals surface area contributed by atoms with Gasteiger partial charge in [0.15, 0.2) is 0 Å². The summed E-state index contributed by atoms with van der Waals surface area (Å²) >= 11 is 0. The van der Waals surface area contributed by atoms with Crippen molar-refractivity contribution in [2.75, 3.05) is 6.54 Å². The second kappa shape index (κ2) is 8.29. The van der Waals surface area contributed by atoms with E-state index in [0.29, 0.717) is 17.7 Å². The van der Waals surface area contributed by atoms with Gasteiger partial charge in [-0.3, -0.25) is 14.6 Å². The van der Waals surface area contributed by atoms with E-state index in [-0.39, 0.29) is 11.6 Å². The van der Waals surface area contributed by atoms with Gasteiger partial charge in [-0.2, -0.15) is 0 Å². The molecule has 0 spiro atoms. The molecule has 0 radical (unpaired) electrons. The normalized spacial score (nSPS) is 10.7. The molecule has 0 aliphatic carbocycles. The average molecular weight is 307 g/mol. The molecule has 0 bridgehead atoms. The van der Waals surface area contributed by atoms with E-state index >= 15 is 0 Å². The molecule has 0 saturated carbocycles. The zero-order valence-corrected chi connectivity index (χ0v) is 12.5. The summed E-state index contributed by atoms with van der Waals surface area (Å²) < 4.78 is 0. The van der Waals surface area contributed by atoms with E-state index in [4.69, 9.17) is 0 Å².